The van der Waals surface area contributed by atoms with E-state index in [2.05, 4.69) is 21.2 Å². The van der Waals surface area contributed by atoms with Crippen molar-refractivity contribution in [3.05, 3.63) is 63.1 Å². The van der Waals surface area contributed by atoms with Gasteiger partial charge in [-0.1, -0.05) is 12.1 Å². The molecule has 0 atom stereocenters. The summed E-state index contributed by atoms with van der Waals surface area (Å²) in [6.45, 7) is 3.14. The Hall–Kier alpha value is -3.46. The molecule has 0 aliphatic carbocycles. The van der Waals surface area contributed by atoms with E-state index in [1.807, 2.05) is 13.8 Å². The number of rotatable bonds is 5. The van der Waals surface area contributed by atoms with Gasteiger partial charge in [0, 0.05) is 0 Å². The second kappa shape index (κ2) is 8.50. The van der Waals surface area contributed by atoms with Crippen molar-refractivity contribution in [2.75, 3.05) is 11.5 Å². The van der Waals surface area contributed by atoms with Crippen LogP contribution in [-0.2, 0) is 14.4 Å². The minimum Gasteiger partial charge on any atom is -0.546 e. The van der Waals surface area contributed by atoms with Gasteiger partial charge in [0.15, 0.2) is 0 Å². The van der Waals surface area contributed by atoms with E-state index < -0.39 is 30.4 Å². The fourth-order valence-electron chi connectivity index (χ4n) is 2.78. The van der Waals surface area contributed by atoms with Crippen LogP contribution in [0.5, 0.6) is 5.75 Å². The molecule has 1 fully saturated rings. The minimum atomic E-state index is -1.37. The van der Waals surface area contributed by atoms with Gasteiger partial charge in [0.25, 0.3) is 11.8 Å². The normalized spacial score (nSPS) is 15.4. The van der Waals surface area contributed by atoms with Crippen LogP contribution in [0.4, 0.5) is 10.5 Å². The molecule has 0 radical (unpaired) electrons. The molecule has 9 heteroatoms. The van der Waals surface area contributed by atoms with Gasteiger partial charge >= 0.3 is 6.03 Å². The van der Waals surface area contributed by atoms with Gasteiger partial charge in [-0.25, -0.2) is 9.69 Å². The first-order valence-corrected chi connectivity index (χ1v) is 9.57. The maximum Gasteiger partial charge on any atom is 0.335 e. The Bertz CT molecular complexity index is 1110. The predicted octanol–water partition coefficient (Wildman–Crippen LogP) is 1.86. The number of anilines is 1. The van der Waals surface area contributed by atoms with E-state index in [1.165, 1.54) is 12.1 Å². The Labute approximate surface area is 180 Å². The number of hydrogen-bond donors (Lipinski definition) is 1. The summed E-state index contributed by atoms with van der Waals surface area (Å²) in [7, 11) is 0. The Morgan fingerprint density at radius 3 is 2.50 bits per heavy atom. The summed E-state index contributed by atoms with van der Waals surface area (Å²) >= 11 is 3.25. The van der Waals surface area contributed by atoms with Gasteiger partial charge in [0.2, 0.25) is 0 Å². The number of barbiturate groups is 1. The van der Waals surface area contributed by atoms with E-state index in [0.29, 0.717) is 15.7 Å². The van der Waals surface area contributed by atoms with Crippen molar-refractivity contribution in [3.63, 3.8) is 0 Å². The number of hydrogen-bond acceptors (Lipinski definition) is 6. The van der Waals surface area contributed by atoms with Crippen LogP contribution in [0.15, 0.2) is 46.4 Å². The third-order valence-electron chi connectivity index (χ3n) is 4.46. The number of carboxylic acids is 1. The lowest BCUT2D eigenvalue weighted by atomic mass is 10.1. The summed E-state index contributed by atoms with van der Waals surface area (Å²) in [6, 6.07) is 8.87. The highest BCUT2D eigenvalue weighted by Gasteiger charge is 2.36. The first-order chi connectivity index (χ1) is 14.2. The first-order valence-electron chi connectivity index (χ1n) is 8.78. The van der Waals surface area contributed by atoms with E-state index >= 15 is 0 Å². The zero-order chi connectivity index (χ0) is 22.0. The molecule has 0 saturated carbocycles. The van der Waals surface area contributed by atoms with Gasteiger partial charge in [0.1, 0.15) is 17.9 Å². The fourth-order valence-corrected chi connectivity index (χ4v) is 3.29. The quantitative estimate of drug-likeness (QED) is 0.525. The zero-order valence-electron chi connectivity index (χ0n) is 16.0. The van der Waals surface area contributed by atoms with Crippen molar-refractivity contribution in [2.24, 2.45) is 0 Å². The molecule has 1 saturated heterocycles. The van der Waals surface area contributed by atoms with Crippen molar-refractivity contribution < 1.29 is 29.0 Å². The molecule has 3 rings (SSSR count). The Balaban J connectivity index is 1.93. The number of nitrogens with one attached hydrogen (secondary N) is 1. The van der Waals surface area contributed by atoms with E-state index in [-0.39, 0.29) is 11.3 Å². The van der Waals surface area contributed by atoms with Crippen LogP contribution in [0.25, 0.3) is 6.08 Å². The number of aryl methyl sites for hydroxylation is 2. The highest BCUT2D eigenvalue weighted by molar-refractivity contribution is 9.10. The number of carbonyl (C=O) groups is 4. The predicted molar refractivity (Wildman–Crippen MR) is 110 cm³/mol. The molecule has 1 N–H and O–H groups in total. The average molecular weight is 472 g/mol. The topological polar surface area (TPSA) is 116 Å². The number of imide groups is 2. The maximum absolute atomic E-state index is 12.9. The third kappa shape index (κ3) is 4.41. The zero-order valence-corrected chi connectivity index (χ0v) is 17.6. The van der Waals surface area contributed by atoms with Gasteiger partial charge in [0.05, 0.1) is 16.1 Å². The molecule has 1 heterocycles. The molecular formula is C21H16BrN2O6-. The number of aliphatic carboxylic acids is 1. The van der Waals surface area contributed by atoms with Gasteiger partial charge in [-0.2, -0.15) is 0 Å². The molecule has 30 heavy (non-hydrogen) atoms. The number of urea groups is 1. The number of benzene rings is 2. The van der Waals surface area contributed by atoms with Gasteiger partial charge < -0.3 is 14.6 Å². The molecule has 8 nitrogen and oxygen atoms in total. The van der Waals surface area contributed by atoms with Crippen LogP contribution in [0.1, 0.15) is 16.7 Å². The SMILES string of the molecule is Cc1ccc(N2C(=O)NC(=O)/C(=C\c3ccc(OCC(=O)[O-])c(Br)c3)C2=O)cc1C. The number of halogens is 1. The number of carboxylic acid groups (broad SMARTS) is 1. The molecule has 0 bridgehead atoms. The monoisotopic (exact) mass is 471 g/mol. The second-order valence-electron chi connectivity index (χ2n) is 6.58. The molecular weight excluding hydrogens is 456 g/mol. The molecule has 1 aliphatic rings. The molecule has 0 spiro atoms. The summed E-state index contributed by atoms with van der Waals surface area (Å²) in [6.07, 6.45) is 1.34. The van der Waals surface area contributed by atoms with Crippen molar-refractivity contribution >= 4 is 51.5 Å². The summed E-state index contributed by atoms with van der Waals surface area (Å²) in [5, 5.41) is 12.7. The molecule has 1 aliphatic heterocycles. The Kier molecular flexibility index (Phi) is 6.02. The molecule has 154 valence electrons. The number of amides is 4. The standard InChI is InChI=1S/C21H17BrN2O6/c1-11-3-5-14(7-12(11)2)24-20(28)15(19(27)23-21(24)29)8-13-4-6-17(16(22)9-13)30-10-18(25)26/h3-9H,10H2,1-2H3,(H,25,26)(H,23,27,29)/p-1/b15-8+. The lowest BCUT2D eigenvalue weighted by Gasteiger charge is -2.26. The number of carbonyl (C=O) groups excluding carboxylic acids is 4. The van der Waals surface area contributed by atoms with Gasteiger partial charge in [-0.3, -0.25) is 14.9 Å². The third-order valence-corrected chi connectivity index (χ3v) is 5.08. The fraction of sp³-hybridized carbons (Fsp3) is 0.143. The molecule has 0 unspecified atom stereocenters. The molecule has 2 aromatic carbocycles. The number of nitrogens with zero attached hydrogens (tertiary/aromatic N) is 1. The second-order valence-corrected chi connectivity index (χ2v) is 7.43. The highest BCUT2D eigenvalue weighted by atomic mass is 79.9. The van der Waals surface area contributed by atoms with Crippen LogP contribution >= 0.6 is 15.9 Å². The molecule has 0 aromatic heterocycles. The van der Waals surface area contributed by atoms with E-state index in [0.717, 1.165) is 16.0 Å². The van der Waals surface area contributed by atoms with Crippen molar-refractivity contribution in [3.8, 4) is 5.75 Å². The highest BCUT2D eigenvalue weighted by Crippen LogP contribution is 2.28. The molecule has 2 aromatic rings. The first kappa shape index (κ1) is 21.3. The van der Waals surface area contributed by atoms with Gasteiger partial charge in [-0.15, -0.1) is 0 Å². The van der Waals surface area contributed by atoms with Crippen molar-refractivity contribution in [1.82, 2.24) is 5.32 Å². The van der Waals surface area contributed by atoms with Crippen LogP contribution in [0.2, 0.25) is 0 Å². The summed E-state index contributed by atoms with van der Waals surface area (Å²) in [4.78, 5) is 49.0. The van der Waals surface area contributed by atoms with Gasteiger partial charge in [-0.05, 0) is 76.8 Å². The van der Waals surface area contributed by atoms with Crippen LogP contribution < -0.4 is 20.1 Å². The minimum absolute atomic E-state index is 0.219. The summed E-state index contributed by atoms with van der Waals surface area (Å²) in [5.41, 5.74) is 2.50. The van der Waals surface area contributed by atoms with Crippen molar-refractivity contribution in [2.45, 2.75) is 13.8 Å². The molecule has 4 amide bonds. The average Bonchev–Trinajstić information content (AvgIpc) is 2.67. The van der Waals surface area contributed by atoms with E-state index in [9.17, 15) is 24.3 Å². The smallest absolute Gasteiger partial charge is 0.335 e. The van der Waals surface area contributed by atoms with Crippen LogP contribution in [-0.4, -0.2) is 30.4 Å². The van der Waals surface area contributed by atoms with Crippen LogP contribution in [0, 0.1) is 13.8 Å². The van der Waals surface area contributed by atoms with Crippen LogP contribution in [0.3, 0.4) is 0 Å². The summed E-state index contributed by atoms with van der Waals surface area (Å²) in [5.74, 6) is -2.67. The summed E-state index contributed by atoms with van der Waals surface area (Å²) < 4.78 is 5.49. The largest absolute Gasteiger partial charge is 0.546 e. The van der Waals surface area contributed by atoms with E-state index in [1.54, 1.807) is 30.3 Å². The number of ether oxygens (including phenoxy) is 1. The maximum atomic E-state index is 12.9. The lowest BCUT2D eigenvalue weighted by Crippen LogP contribution is -2.54. The van der Waals surface area contributed by atoms with E-state index in [4.69, 9.17) is 4.74 Å². The lowest BCUT2D eigenvalue weighted by molar-refractivity contribution is -0.307. The Morgan fingerprint density at radius 1 is 1.13 bits per heavy atom. The van der Waals surface area contributed by atoms with Crippen molar-refractivity contribution in [1.29, 1.82) is 0 Å². The Morgan fingerprint density at radius 2 is 1.87 bits per heavy atom.